The van der Waals surface area contributed by atoms with Crippen LogP contribution in [0.2, 0.25) is 0 Å². The zero-order valence-electron chi connectivity index (χ0n) is 18.4. The lowest BCUT2D eigenvalue weighted by atomic mass is 10.0. The average molecular weight is 494 g/mol. The molecule has 1 aliphatic heterocycles. The van der Waals surface area contributed by atoms with Crippen LogP contribution in [0.15, 0.2) is 53.7 Å². The van der Waals surface area contributed by atoms with Gasteiger partial charge in [-0.15, -0.1) is 0 Å². The Labute approximate surface area is 194 Å². The number of amides is 1. The molecule has 3 atom stereocenters. The van der Waals surface area contributed by atoms with Crippen molar-refractivity contribution in [1.29, 1.82) is 0 Å². The van der Waals surface area contributed by atoms with Crippen molar-refractivity contribution in [1.82, 2.24) is 14.3 Å². The van der Waals surface area contributed by atoms with Crippen LogP contribution in [0.5, 0.6) is 5.75 Å². The Hall–Kier alpha value is -3.08. The molecule has 0 bridgehead atoms. The lowest BCUT2D eigenvalue weighted by Crippen LogP contribution is -2.35. The van der Waals surface area contributed by atoms with Crippen LogP contribution in [0.1, 0.15) is 29.4 Å². The number of pyridine rings is 1. The Kier molecular flexibility index (Phi) is 4.98. The first-order valence-corrected chi connectivity index (χ1v) is 12.6. The summed E-state index contributed by atoms with van der Waals surface area (Å²) in [5, 5.41) is 0. The molecule has 3 heterocycles. The maximum Gasteiger partial charge on any atom is 0.425 e. The highest BCUT2D eigenvalue weighted by Gasteiger charge is 2.63. The van der Waals surface area contributed by atoms with E-state index in [1.807, 2.05) is 35.0 Å². The number of piperidine rings is 1. The summed E-state index contributed by atoms with van der Waals surface area (Å²) >= 11 is 0. The Morgan fingerprint density at radius 3 is 2.71 bits per heavy atom. The van der Waals surface area contributed by atoms with Crippen molar-refractivity contribution in [3.05, 3.63) is 60.0 Å². The summed E-state index contributed by atoms with van der Waals surface area (Å²) in [6, 6.07) is 9.01. The van der Waals surface area contributed by atoms with Gasteiger partial charge in [-0.3, -0.25) is 4.79 Å². The standard InChI is InChI=1S/C23H22F3N3O4S/c1-14(23(24,25)26)33-18-7-6-16(34(2,31)32)9-17(18)21(30)29-11-15-10-22(15,13-29)19-12-28-8-4-3-5-20(28)27-19/h3-9,12,14-15H,10-11,13H2,1-2H3. The van der Waals surface area contributed by atoms with Gasteiger partial charge >= 0.3 is 6.18 Å². The SMILES string of the molecule is CC(Oc1ccc(S(C)(=O)=O)cc1C(=O)N1CC2CC2(c2cn3ccccc3n2)C1)C(F)(F)F. The van der Waals surface area contributed by atoms with Crippen molar-refractivity contribution in [2.24, 2.45) is 5.92 Å². The number of nitrogens with zero attached hydrogens (tertiary/aromatic N) is 3. The molecule has 3 unspecified atom stereocenters. The topological polar surface area (TPSA) is 81.0 Å². The van der Waals surface area contributed by atoms with Crippen LogP contribution in [0.25, 0.3) is 5.65 Å². The molecule has 3 aromatic rings. The summed E-state index contributed by atoms with van der Waals surface area (Å²) in [5.41, 5.74) is 1.15. The molecular formula is C23H22F3N3O4S. The predicted molar refractivity (Wildman–Crippen MR) is 117 cm³/mol. The maximum absolute atomic E-state index is 13.4. The molecule has 1 saturated heterocycles. The zero-order chi connectivity index (χ0) is 24.5. The quantitative estimate of drug-likeness (QED) is 0.544. The minimum absolute atomic E-state index is 0.165. The Bertz CT molecular complexity index is 1370. The highest BCUT2D eigenvalue weighted by atomic mass is 32.2. The predicted octanol–water partition coefficient (Wildman–Crippen LogP) is 3.48. The number of rotatable bonds is 5. The molecule has 1 aliphatic carbocycles. The molecule has 5 rings (SSSR count). The van der Waals surface area contributed by atoms with Crippen LogP contribution in [0, 0.1) is 5.92 Å². The largest absolute Gasteiger partial charge is 0.480 e. The van der Waals surface area contributed by atoms with Gasteiger partial charge in [0.25, 0.3) is 5.91 Å². The monoisotopic (exact) mass is 493 g/mol. The summed E-state index contributed by atoms with van der Waals surface area (Å²) in [4.78, 5) is 19.5. The highest BCUT2D eigenvalue weighted by molar-refractivity contribution is 7.90. The number of carbonyl (C=O) groups excluding carboxylic acids is 1. The van der Waals surface area contributed by atoms with E-state index in [1.165, 1.54) is 0 Å². The second-order valence-electron chi connectivity index (χ2n) is 9.07. The minimum atomic E-state index is -4.64. The number of carbonyl (C=O) groups is 1. The number of alkyl halides is 3. The lowest BCUT2D eigenvalue weighted by molar-refractivity contribution is -0.189. The summed E-state index contributed by atoms with van der Waals surface area (Å²) < 4.78 is 70.3. The summed E-state index contributed by atoms with van der Waals surface area (Å²) in [6.45, 7) is 1.59. The van der Waals surface area contributed by atoms with Gasteiger partial charge in [-0.25, -0.2) is 13.4 Å². The van der Waals surface area contributed by atoms with Crippen molar-refractivity contribution in [2.45, 2.75) is 35.9 Å². The molecule has 1 saturated carbocycles. The first-order valence-electron chi connectivity index (χ1n) is 10.7. The van der Waals surface area contributed by atoms with E-state index in [1.54, 1.807) is 4.90 Å². The minimum Gasteiger partial charge on any atom is -0.480 e. The van der Waals surface area contributed by atoms with E-state index < -0.39 is 28.0 Å². The molecular weight excluding hydrogens is 471 g/mol. The third-order valence-electron chi connectivity index (χ3n) is 6.68. The van der Waals surface area contributed by atoms with Gasteiger partial charge in [0.1, 0.15) is 11.4 Å². The Balaban J connectivity index is 1.46. The van der Waals surface area contributed by atoms with Crippen LogP contribution in [-0.2, 0) is 15.3 Å². The number of fused-ring (bicyclic) bond motifs is 2. The summed E-state index contributed by atoms with van der Waals surface area (Å²) in [6.07, 6.45) is -1.15. The van der Waals surface area contributed by atoms with Crippen molar-refractivity contribution >= 4 is 21.4 Å². The molecule has 0 radical (unpaired) electrons. The Morgan fingerprint density at radius 1 is 1.26 bits per heavy atom. The second-order valence-corrected chi connectivity index (χ2v) is 11.1. The van der Waals surface area contributed by atoms with E-state index >= 15 is 0 Å². The Morgan fingerprint density at radius 2 is 2.03 bits per heavy atom. The number of halogens is 3. The van der Waals surface area contributed by atoms with Crippen LogP contribution in [0.4, 0.5) is 13.2 Å². The van der Waals surface area contributed by atoms with Crippen molar-refractivity contribution in [3.8, 4) is 5.75 Å². The molecule has 2 aliphatic rings. The van der Waals surface area contributed by atoms with Crippen molar-refractivity contribution in [2.75, 3.05) is 19.3 Å². The molecule has 1 amide bonds. The van der Waals surface area contributed by atoms with Crippen LogP contribution < -0.4 is 4.74 Å². The van der Waals surface area contributed by atoms with Gasteiger partial charge in [-0.1, -0.05) is 6.07 Å². The smallest absolute Gasteiger partial charge is 0.425 e. The summed E-state index contributed by atoms with van der Waals surface area (Å²) in [7, 11) is -3.69. The van der Waals surface area contributed by atoms with Gasteiger partial charge in [0.05, 0.1) is 16.2 Å². The number of sulfone groups is 1. The highest BCUT2D eigenvalue weighted by Crippen LogP contribution is 2.59. The molecule has 34 heavy (non-hydrogen) atoms. The fourth-order valence-electron chi connectivity index (χ4n) is 4.65. The molecule has 0 N–H and O–H groups in total. The number of hydrogen-bond acceptors (Lipinski definition) is 5. The van der Waals surface area contributed by atoms with Gasteiger partial charge in [-0.05, 0) is 49.6 Å². The van der Waals surface area contributed by atoms with E-state index in [0.717, 1.165) is 49.1 Å². The van der Waals surface area contributed by atoms with E-state index in [0.29, 0.717) is 13.1 Å². The molecule has 2 fully saturated rings. The van der Waals surface area contributed by atoms with E-state index in [9.17, 15) is 26.4 Å². The maximum atomic E-state index is 13.4. The van der Waals surface area contributed by atoms with Gasteiger partial charge in [-0.2, -0.15) is 13.2 Å². The van der Waals surface area contributed by atoms with Crippen molar-refractivity contribution in [3.63, 3.8) is 0 Å². The van der Waals surface area contributed by atoms with Crippen molar-refractivity contribution < 1.29 is 31.1 Å². The molecule has 180 valence electrons. The average Bonchev–Trinajstić information content (AvgIpc) is 3.12. The molecule has 0 spiro atoms. The third-order valence-corrected chi connectivity index (χ3v) is 7.79. The molecule has 2 aromatic heterocycles. The molecule has 1 aromatic carbocycles. The van der Waals surface area contributed by atoms with E-state index in [4.69, 9.17) is 9.72 Å². The number of imidazole rings is 1. The lowest BCUT2D eigenvalue weighted by Gasteiger charge is -2.24. The van der Waals surface area contributed by atoms with E-state index in [2.05, 4.69) is 0 Å². The zero-order valence-corrected chi connectivity index (χ0v) is 19.2. The summed E-state index contributed by atoms with van der Waals surface area (Å²) in [5.74, 6) is -0.687. The van der Waals surface area contributed by atoms with Crippen LogP contribution in [-0.4, -0.2) is 60.2 Å². The van der Waals surface area contributed by atoms with Gasteiger partial charge in [0.15, 0.2) is 15.9 Å². The molecule has 11 heteroatoms. The number of hydrogen-bond donors (Lipinski definition) is 0. The third kappa shape index (κ3) is 3.81. The van der Waals surface area contributed by atoms with Crippen LogP contribution in [0.3, 0.4) is 0 Å². The van der Waals surface area contributed by atoms with E-state index in [-0.39, 0.29) is 27.5 Å². The van der Waals surface area contributed by atoms with Gasteiger partial charge in [0.2, 0.25) is 0 Å². The first-order chi connectivity index (χ1) is 15.9. The number of likely N-dealkylation sites (tertiary alicyclic amines) is 1. The fourth-order valence-corrected chi connectivity index (χ4v) is 5.29. The van der Waals surface area contributed by atoms with Crippen LogP contribution >= 0.6 is 0 Å². The number of aromatic nitrogens is 2. The number of benzene rings is 1. The van der Waals surface area contributed by atoms with Gasteiger partial charge in [0, 0.05) is 37.2 Å². The normalized spacial score (nSPS) is 23.1. The second kappa shape index (κ2) is 7.46. The van der Waals surface area contributed by atoms with Gasteiger partial charge < -0.3 is 14.0 Å². The number of ether oxygens (including phenoxy) is 1. The fraction of sp³-hybridized carbons (Fsp3) is 0.391. The molecule has 7 nitrogen and oxygen atoms in total. The first kappa shape index (κ1) is 22.7.